The quantitative estimate of drug-likeness (QED) is 0.713. The van der Waals surface area contributed by atoms with Crippen LogP contribution < -0.4 is 0 Å². The van der Waals surface area contributed by atoms with Gasteiger partial charge in [-0.2, -0.15) is 5.26 Å². The summed E-state index contributed by atoms with van der Waals surface area (Å²) in [6, 6.07) is 6.74. The van der Waals surface area contributed by atoms with Gasteiger partial charge >= 0.3 is 0 Å². The minimum absolute atomic E-state index is 0.230. The first-order valence-electron chi connectivity index (χ1n) is 3.05. The Balaban J connectivity index is 3.40. The molecule has 0 unspecified atom stereocenters. The lowest BCUT2D eigenvalue weighted by atomic mass is 10.1. The van der Waals surface area contributed by atoms with Crippen LogP contribution in [0.4, 0.5) is 0 Å². The first-order chi connectivity index (χ1) is 5.66. The Bertz CT molecular complexity index is 370. The molecular formula is C8H3BrClNO. The summed E-state index contributed by atoms with van der Waals surface area (Å²) in [5.41, 5.74) is 0.506. The molecule has 0 aliphatic carbocycles. The van der Waals surface area contributed by atoms with Crippen LogP contribution in [0.25, 0.3) is 0 Å². The molecule has 0 N–H and O–H groups in total. The molecule has 0 aromatic heterocycles. The van der Waals surface area contributed by atoms with E-state index in [0.29, 0.717) is 4.47 Å². The first-order valence-corrected chi connectivity index (χ1v) is 4.22. The maximum Gasteiger partial charge on any atom is 0.253 e. The molecule has 2 nitrogen and oxygen atoms in total. The Morgan fingerprint density at radius 2 is 2.25 bits per heavy atom. The van der Waals surface area contributed by atoms with Crippen LogP contribution in [0.1, 0.15) is 15.9 Å². The van der Waals surface area contributed by atoms with Crippen molar-refractivity contribution in [2.75, 3.05) is 0 Å². The second-order valence-electron chi connectivity index (χ2n) is 2.05. The van der Waals surface area contributed by atoms with Gasteiger partial charge in [0.15, 0.2) is 0 Å². The first kappa shape index (κ1) is 9.24. The van der Waals surface area contributed by atoms with E-state index in [1.807, 2.05) is 6.07 Å². The van der Waals surface area contributed by atoms with Crippen molar-refractivity contribution in [3.8, 4) is 6.07 Å². The molecular weight excluding hydrogens is 241 g/mol. The summed E-state index contributed by atoms with van der Waals surface area (Å²) < 4.78 is 0.580. The molecule has 0 radical (unpaired) electrons. The van der Waals surface area contributed by atoms with Crippen molar-refractivity contribution in [3.63, 3.8) is 0 Å². The van der Waals surface area contributed by atoms with E-state index in [0.717, 1.165) is 0 Å². The van der Waals surface area contributed by atoms with Crippen molar-refractivity contribution in [1.82, 2.24) is 0 Å². The van der Waals surface area contributed by atoms with Gasteiger partial charge in [0.05, 0.1) is 11.1 Å². The van der Waals surface area contributed by atoms with Crippen molar-refractivity contribution in [3.05, 3.63) is 33.8 Å². The third-order valence-electron chi connectivity index (χ3n) is 1.34. The topological polar surface area (TPSA) is 40.9 Å². The molecule has 60 valence electrons. The number of hydrogen-bond acceptors (Lipinski definition) is 2. The molecule has 0 spiro atoms. The Morgan fingerprint density at radius 3 is 2.67 bits per heavy atom. The average molecular weight is 244 g/mol. The summed E-state index contributed by atoms with van der Waals surface area (Å²) in [7, 11) is 0. The lowest BCUT2D eigenvalue weighted by Gasteiger charge is -1.98. The molecule has 0 atom stereocenters. The number of benzene rings is 1. The number of nitriles is 1. The van der Waals surface area contributed by atoms with Gasteiger partial charge in [-0.25, -0.2) is 0 Å². The average Bonchev–Trinajstić information content (AvgIpc) is 2.03. The highest BCUT2D eigenvalue weighted by Crippen LogP contribution is 2.20. The normalized spacial score (nSPS) is 9.08. The highest BCUT2D eigenvalue weighted by molar-refractivity contribution is 9.10. The second kappa shape index (κ2) is 3.70. The summed E-state index contributed by atoms with van der Waals surface area (Å²) >= 11 is 8.39. The van der Waals surface area contributed by atoms with E-state index in [1.54, 1.807) is 12.1 Å². The van der Waals surface area contributed by atoms with Crippen molar-refractivity contribution in [2.24, 2.45) is 0 Å². The number of carbonyl (C=O) groups excluding carboxylic acids is 1. The molecule has 0 aliphatic heterocycles. The molecule has 0 fully saturated rings. The summed E-state index contributed by atoms with van der Waals surface area (Å²) in [4.78, 5) is 10.8. The maximum atomic E-state index is 10.8. The van der Waals surface area contributed by atoms with Crippen LogP contribution in [0.5, 0.6) is 0 Å². The van der Waals surface area contributed by atoms with Crippen LogP contribution in [0.15, 0.2) is 22.7 Å². The Labute approximate surface area is 82.9 Å². The van der Waals surface area contributed by atoms with Gasteiger partial charge in [-0.05, 0) is 39.7 Å². The zero-order valence-corrected chi connectivity index (χ0v) is 8.19. The van der Waals surface area contributed by atoms with Gasteiger partial charge in [0.1, 0.15) is 6.07 Å². The van der Waals surface area contributed by atoms with Gasteiger partial charge < -0.3 is 0 Å². The van der Waals surface area contributed by atoms with Crippen molar-refractivity contribution in [2.45, 2.75) is 0 Å². The lowest BCUT2D eigenvalue weighted by molar-refractivity contribution is 0.108. The number of carbonyl (C=O) groups is 1. The van der Waals surface area contributed by atoms with E-state index < -0.39 is 5.24 Å². The summed E-state index contributed by atoms with van der Waals surface area (Å²) in [6.07, 6.45) is 0. The zero-order valence-electron chi connectivity index (χ0n) is 5.84. The number of halogens is 2. The van der Waals surface area contributed by atoms with Crippen LogP contribution in [-0.4, -0.2) is 5.24 Å². The predicted molar refractivity (Wildman–Crippen MR) is 49.0 cm³/mol. The molecule has 0 saturated heterocycles. The SMILES string of the molecule is N#Cc1c(Br)cccc1C(=O)Cl. The van der Waals surface area contributed by atoms with E-state index >= 15 is 0 Å². The highest BCUT2D eigenvalue weighted by Gasteiger charge is 2.10. The summed E-state index contributed by atoms with van der Waals surface area (Å²) in [5, 5.41) is 8.04. The Hall–Kier alpha value is -0.850. The minimum atomic E-state index is -0.618. The van der Waals surface area contributed by atoms with E-state index in [-0.39, 0.29) is 11.1 Å². The van der Waals surface area contributed by atoms with Crippen molar-refractivity contribution in [1.29, 1.82) is 5.26 Å². The molecule has 1 rings (SSSR count). The fraction of sp³-hybridized carbons (Fsp3) is 0. The molecule has 0 saturated carbocycles. The van der Waals surface area contributed by atoms with Crippen LogP contribution in [-0.2, 0) is 0 Å². The van der Waals surface area contributed by atoms with Gasteiger partial charge in [0.25, 0.3) is 5.24 Å². The van der Waals surface area contributed by atoms with E-state index in [1.165, 1.54) is 6.07 Å². The lowest BCUT2D eigenvalue weighted by Crippen LogP contribution is -1.94. The summed E-state index contributed by atoms with van der Waals surface area (Å²) in [5.74, 6) is 0. The Morgan fingerprint density at radius 1 is 1.58 bits per heavy atom. The minimum Gasteiger partial charge on any atom is -0.276 e. The summed E-state index contributed by atoms with van der Waals surface area (Å²) in [6.45, 7) is 0. The van der Waals surface area contributed by atoms with E-state index in [2.05, 4.69) is 15.9 Å². The molecule has 0 amide bonds. The van der Waals surface area contributed by atoms with Gasteiger partial charge in [-0.1, -0.05) is 6.07 Å². The van der Waals surface area contributed by atoms with Crippen LogP contribution >= 0.6 is 27.5 Å². The van der Waals surface area contributed by atoms with Gasteiger partial charge in [0.2, 0.25) is 0 Å². The van der Waals surface area contributed by atoms with E-state index in [9.17, 15) is 4.79 Å². The number of hydrogen-bond donors (Lipinski definition) is 0. The fourth-order valence-corrected chi connectivity index (χ4v) is 1.41. The molecule has 0 aliphatic rings. The third-order valence-corrected chi connectivity index (χ3v) is 2.20. The van der Waals surface area contributed by atoms with Crippen molar-refractivity contribution >= 4 is 32.8 Å². The predicted octanol–water partition coefficient (Wildman–Crippen LogP) is 2.70. The molecule has 0 heterocycles. The molecule has 1 aromatic carbocycles. The monoisotopic (exact) mass is 243 g/mol. The standard InChI is InChI=1S/C8H3BrClNO/c9-7-3-1-2-5(8(10)12)6(7)4-11/h1-3H. The van der Waals surface area contributed by atoms with Crippen LogP contribution in [0, 0.1) is 11.3 Å². The number of rotatable bonds is 1. The second-order valence-corrected chi connectivity index (χ2v) is 3.25. The van der Waals surface area contributed by atoms with Gasteiger partial charge in [-0.3, -0.25) is 4.79 Å². The van der Waals surface area contributed by atoms with Crippen LogP contribution in [0.3, 0.4) is 0 Å². The fourth-order valence-electron chi connectivity index (χ4n) is 0.802. The molecule has 0 bridgehead atoms. The molecule has 12 heavy (non-hydrogen) atoms. The highest BCUT2D eigenvalue weighted by atomic mass is 79.9. The smallest absolute Gasteiger partial charge is 0.253 e. The Kier molecular flexibility index (Phi) is 2.85. The third kappa shape index (κ3) is 1.66. The number of nitrogens with zero attached hydrogens (tertiary/aromatic N) is 1. The van der Waals surface area contributed by atoms with Gasteiger partial charge in [-0.15, -0.1) is 0 Å². The molecule has 1 aromatic rings. The maximum absolute atomic E-state index is 10.8. The van der Waals surface area contributed by atoms with Crippen molar-refractivity contribution < 1.29 is 4.79 Å². The molecule has 4 heteroatoms. The largest absolute Gasteiger partial charge is 0.276 e. The van der Waals surface area contributed by atoms with Crippen LogP contribution in [0.2, 0.25) is 0 Å². The zero-order chi connectivity index (χ0) is 9.14. The van der Waals surface area contributed by atoms with E-state index in [4.69, 9.17) is 16.9 Å². The van der Waals surface area contributed by atoms with Gasteiger partial charge in [0, 0.05) is 4.47 Å².